The van der Waals surface area contributed by atoms with Crippen molar-refractivity contribution < 1.29 is 34.3 Å². The van der Waals surface area contributed by atoms with Gasteiger partial charge in [0.1, 0.15) is 24.4 Å². The Bertz CT molecular complexity index is 478. The Kier molecular flexibility index (Phi) is 5.87. The Hall–Kier alpha value is -1.51. The van der Waals surface area contributed by atoms with E-state index in [4.69, 9.17) is 14.6 Å². The SMILES string of the molecule is COC(=O)[C@H]1O[C@H]([C@H](O)CO)[C@H](OCc2ccccc2)[C@H]1O. The van der Waals surface area contributed by atoms with Crippen LogP contribution in [0.2, 0.25) is 0 Å². The number of benzene rings is 1. The normalized spacial score (nSPS) is 29.3. The molecule has 1 saturated heterocycles. The van der Waals surface area contributed by atoms with Gasteiger partial charge in [0, 0.05) is 0 Å². The molecule has 0 spiro atoms. The molecule has 3 N–H and O–H groups in total. The van der Waals surface area contributed by atoms with E-state index in [1.54, 1.807) is 0 Å². The van der Waals surface area contributed by atoms with Gasteiger partial charge in [0.25, 0.3) is 0 Å². The van der Waals surface area contributed by atoms with Gasteiger partial charge in [0.15, 0.2) is 6.10 Å². The van der Waals surface area contributed by atoms with Gasteiger partial charge in [-0.3, -0.25) is 0 Å². The molecule has 0 radical (unpaired) electrons. The van der Waals surface area contributed by atoms with Crippen LogP contribution in [0.4, 0.5) is 0 Å². The van der Waals surface area contributed by atoms with Crippen molar-refractivity contribution in [2.75, 3.05) is 13.7 Å². The number of aliphatic hydroxyl groups excluding tert-OH is 3. The van der Waals surface area contributed by atoms with Crippen LogP contribution in [0, 0.1) is 0 Å². The summed E-state index contributed by atoms with van der Waals surface area (Å²) in [5.74, 6) is -0.756. The largest absolute Gasteiger partial charge is 0.467 e. The molecule has 7 heteroatoms. The van der Waals surface area contributed by atoms with E-state index in [9.17, 15) is 15.0 Å². The number of hydrogen-bond donors (Lipinski definition) is 3. The van der Waals surface area contributed by atoms with Gasteiger partial charge >= 0.3 is 5.97 Å². The predicted molar refractivity (Wildman–Crippen MR) is 74.8 cm³/mol. The van der Waals surface area contributed by atoms with Crippen molar-refractivity contribution in [1.29, 1.82) is 0 Å². The Labute approximate surface area is 128 Å². The zero-order chi connectivity index (χ0) is 16.1. The van der Waals surface area contributed by atoms with Gasteiger partial charge in [-0.1, -0.05) is 30.3 Å². The molecule has 5 atom stereocenters. The van der Waals surface area contributed by atoms with E-state index in [-0.39, 0.29) is 6.61 Å². The van der Waals surface area contributed by atoms with Crippen molar-refractivity contribution in [3.63, 3.8) is 0 Å². The molecule has 122 valence electrons. The predicted octanol–water partition coefficient (Wildman–Crippen LogP) is -0.774. The molecule has 0 bridgehead atoms. The minimum Gasteiger partial charge on any atom is -0.467 e. The van der Waals surface area contributed by atoms with E-state index in [0.29, 0.717) is 0 Å². The number of esters is 1. The Balaban J connectivity index is 2.08. The van der Waals surface area contributed by atoms with Crippen molar-refractivity contribution in [3.05, 3.63) is 35.9 Å². The lowest BCUT2D eigenvalue weighted by atomic mass is 10.0. The zero-order valence-electron chi connectivity index (χ0n) is 12.2. The number of ether oxygens (including phenoxy) is 3. The maximum Gasteiger partial charge on any atom is 0.337 e. The molecule has 1 heterocycles. The lowest BCUT2D eigenvalue weighted by Crippen LogP contribution is -2.42. The molecule has 0 unspecified atom stereocenters. The third-order valence-corrected chi connectivity index (χ3v) is 3.56. The van der Waals surface area contributed by atoms with Gasteiger partial charge in [0.2, 0.25) is 0 Å². The molecule has 0 aromatic heterocycles. The molecule has 1 aliphatic heterocycles. The fraction of sp³-hybridized carbons (Fsp3) is 0.533. The monoisotopic (exact) mass is 312 g/mol. The molecule has 22 heavy (non-hydrogen) atoms. The highest BCUT2D eigenvalue weighted by Crippen LogP contribution is 2.28. The van der Waals surface area contributed by atoms with Crippen molar-refractivity contribution in [3.8, 4) is 0 Å². The highest BCUT2D eigenvalue weighted by atomic mass is 16.6. The smallest absolute Gasteiger partial charge is 0.337 e. The van der Waals surface area contributed by atoms with Crippen LogP contribution >= 0.6 is 0 Å². The molecule has 1 aliphatic rings. The second-order valence-corrected chi connectivity index (χ2v) is 5.05. The molecule has 0 amide bonds. The minimum absolute atomic E-state index is 0.175. The van der Waals surface area contributed by atoms with Gasteiger partial charge in [-0.05, 0) is 5.56 Å². The number of hydrogen-bond acceptors (Lipinski definition) is 7. The quantitative estimate of drug-likeness (QED) is 0.592. The summed E-state index contributed by atoms with van der Waals surface area (Å²) in [6.07, 6.45) is -5.79. The first-order valence-electron chi connectivity index (χ1n) is 6.94. The minimum atomic E-state index is -1.29. The lowest BCUT2D eigenvalue weighted by Gasteiger charge is -2.23. The van der Waals surface area contributed by atoms with Crippen LogP contribution in [-0.4, -0.2) is 65.5 Å². The van der Waals surface area contributed by atoms with Crippen molar-refractivity contribution >= 4 is 5.97 Å². The molecule has 0 saturated carbocycles. The number of carbonyl (C=O) groups is 1. The molecule has 0 aliphatic carbocycles. The first-order chi connectivity index (χ1) is 10.6. The number of aliphatic hydroxyl groups is 3. The summed E-state index contributed by atoms with van der Waals surface area (Å²) >= 11 is 0. The van der Waals surface area contributed by atoms with E-state index in [1.807, 2.05) is 30.3 Å². The van der Waals surface area contributed by atoms with E-state index in [0.717, 1.165) is 5.56 Å². The van der Waals surface area contributed by atoms with Gasteiger partial charge in [-0.25, -0.2) is 4.79 Å². The number of methoxy groups -OCH3 is 1. The van der Waals surface area contributed by atoms with Gasteiger partial charge in [-0.15, -0.1) is 0 Å². The molecule has 2 rings (SSSR count). The van der Waals surface area contributed by atoms with Crippen molar-refractivity contribution in [1.82, 2.24) is 0 Å². The first kappa shape index (κ1) is 16.9. The maximum atomic E-state index is 11.6. The van der Waals surface area contributed by atoms with Crippen LogP contribution in [0.25, 0.3) is 0 Å². The third kappa shape index (κ3) is 3.63. The van der Waals surface area contributed by atoms with Crippen LogP contribution in [0.15, 0.2) is 30.3 Å². The Morgan fingerprint density at radius 1 is 1.36 bits per heavy atom. The summed E-state index contributed by atoms with van der Waals surface area (Å²) in [5.41, 5.74) is 0.869. The fourth-order valence-electron chi connectivity index (χ4n) is 2.38. The van der Waals surface area contributed by atoms with Crippen molar-refractivity contribution in [2.24, 2.45) is 0 Å². The van der Waals surface area contributed by atoms with Crippen LogP contribution < -0.4 is 0 Å². The number of rotatable bonds is 6. The molecule has 1 aromatic carbocycles. The zero-order valence-corrected chi connectivity index (χ0v) is 12.2. The molecule has 1 aromatic rings. The highest BCUT2D eigenvalue weighted by molar-refractivity contribution is 5.75. The third-order valence-electron chi connectivity index (χ3n) is 3.56. The average Bonchev–Trinajstić information content (AvgIpc) is 2.89. The van der Waals surface area contributed by atoms with Gasteiger partial charge in [0.05, 0.1) is 20.3 Å². The summed E-state index contributed by atoms with van der Waals surface area (Å²) in [6.45, 7) is -0.398. The van der Waals surface area contributed by atoms with E-state index in [1.165, 1.54) is 7.11 Å². The second kappa shape index (κ2) is 7.66. The molecule has 7 nitrogen and oxygen atoms in total. The Morgan fingerprint density at radius 3 is 2.64 bits per heavy atom. The second-order valence-electron chi connectivity index (χ2n) is 5.05. The molecule has 1 fully saturated rings. The first-order valence-corrected chi connectivity index (χ1v) is 6.94. The van der Waals surface area contributed by atoms with Gasteiger partial charge < -0.3 is 29.5 Å². The van der Waals surface area contributed by atoms with Crippen LogP contribution in [0.1, 0.15) is 5.56 Å². The average molecular weight is 312 g/mol. The summed E-state index contributed by atoms with van der Waals surface area (Å²) in [5, 5.41) is 29.1. The number of carbonyl (C=O) groups excluding carboxylic acids is 1. The van der Waals surface area contributed by atoms with Gasteiger partial charge in [-0.2, -0.15) is 0 Å². The Morgan fingerprint density at radius 2 is 2.05 bits per heavy atom. The fourth-order valence-corrected chi connectivity index (χ4v) is 2.38. The van der Waals surface area contributed by atoms with Crippen LogP contribution in [-0.2, 0) is 25.6 Å². The van der Waals surface area contributed by atoms with E-state index >= 15 is 0 Å². The standard InChI is InChI=1S/C15H20O7/c1-20-15(19)14-11(18)13(12(22-14)10(17)7-16)21-8-9-5-3-2-4-6-9/h2-6,10-14,16-18H,7-8H2,1H3/t10-,11-,12-,13-,14+/m1/s1. The van der Waals surface area contributed by atoms with E-state index < -0.39 is 43.1 Å². The highest BCUT2D eigenvalue weighted by Gasteiger charge is 2.50. The van der Waals surface area contributed by atoms with Crippen molar-refractivity contribution in [2.45, 2.75) is 37.1 Å². The molecular formula is C15H20O7. The lowest BCUT2D eigenvalue weighted by molar-refractivity contribution is -0.160. The summed E-state index contributed by atoms with van der Waals surface area (Å²) in [7, 11) is 1.17. The summed E-state index contributed by atoms with van der Waals surface area (Å²) < 4.78 is 15.5. The summed E-state index contributed by atoms with van der Waals surface area (Å²) in [6, 6.07) is 9.24. The van der Waals surface area contributed by atoms with Crippen LogP contribution in [0.3, 0.4) is 0 Å². The van der Waals surface area contributed by atoms with Crippen LogP contribution in [0.5, 0.6) is 0 Å². The topological polar surface area (TPSA) is 105 Å². The molecular weight excluding hydrogens is 292 g/mol. The maximum absolute atomic E-state index is 11.6. The van der Waals surface area contributed by atoms with E-state index in [2.05, 4.69) is 4.74 Å². The summed E-state index contributed by atoms with van der Waals surface area (Å²) in [4.78, 5) is 11.6.